The summed E-state index contributed by atoms with van der Waals surface area (Å²) in [5.41, 5.74) is 0.626. The SMILES string of the molecule is COc1cc(OC)c(/C=C/C(=O)Oc2ccccc2)c(OC)c1. The van der Waals surface area contributed by atoms with Crippen LogP contribution in [0.15, 0.2) is 48.5 Å². The van der Waals surface area contributed by atoms with Gasteiger partial charge in [-0.15, -0.1) is 0 Å². The fraction of sp³-hybridized carbons (Fsp3) is 0.167. The van der Waals surface area contributed by atoms with Crippen LogP contribution >= 0.6 is 0 Å². The van der Waals surface area contributed by atoms with E-state index in [1.54, 1.807) is 49.6 Å². The van der Waals surface area contributed by atoms with Crippen LogP contribution in [0.3, 0.4) is 0 Å². The molecule has 0 aliphatic carbocycles. The van der Waals surface area contributed by atoms with Gasteiger partial charge >= 0.3 is 5.97 Å². The lowest BCUT2D eigenvalue weighted by Crippen LogP contribution is -2.03. The zero-order valence-corrected chi connectivity index (χ0v) is 13.2. The first-order valence-corrected chi connectivity index (χ1v) is 6.93. The lowest BCUT2D eigenvalue weighted by molar-refractivity contribution is -0.128. The number of rotatable bonds is 6. The summed E-state index contributed by atoms with van der Waals surface area (Å²) in [7, 11) is 4.63. The molecular weight excluding hydrogens is 296 g/mol. The number of para-hydroxylation sites is 1. The molecule has 0 saturated heterocycles. The molecule has 0 aromatic heterocycles. The predicted octanol–water partition coefficient (Wildman–Crippen LogP) is 3.33. The number of ether oxygens (including phenoxy) is 4. The fourth-order valence-corrected chi connectivity index (χ4v) is 1.99. The van der Waals surface area contributed by atoms with Crippen LogP contribution in [-0.4, -0.2) is 27.3 Å². The third kappa shape index (κ3) is 4.26. The van der Waals surface area contributed by atoms with Gasteiger partial charge in [0.15, 0.2) is 0 Å². The monoisotopic (exact) mass is 314 g/mol. The molecule has 2 aromatic rings. The van der Waals surface area contributed by atoms with Crippen LogP contribution in [0, 0.1) is 0 Å². The highest BCUT2D eigenvalue weighted by Crippen LogP contribution is 2.34. The standard InChI is InChI=1S/C18H18O5/c1-20-14-11-16(21-2)15(17(12-14)22-3)9-10-18(19)23-13-7-5-4-6-8-13/h4-12H,1-3H3/b10-9+. The summed E-state index contributed by atoms with van der Waals surface area (Å²) < 4.78 is 21.0. The van der Waals surface area contributed by atoms with Crippen molar-refractivity contribution in [2.24, 2.45) is 0 Å². The van der Waals surface area contributed by atoms with Gasteiger partial charge in [-0.25, -0.2) is 4.79 Å². The van der Waals surface area contributed by atoms with E-state index in [1.807, 2.05) is 6.07 Å². The number of esters is 1. The highest BCUT2D eigenvalue weighted by Gasteiger charge is 2.11. The minimum atomic E-state index is -0.490. The van der Waals surface area contributed by atoms with Crippen molar-refractivity contribution in [1.82, 2.24) is 0 Å². The predicted molar refractivity (Wildman–Crippen MR) is 87.2 cm³/mol. The van der Waals surface area contributed by atoms with Gasteiger partial charge in [-0.2, -0.15) is 0 Å². The van der Waals surface area contributed by atoms with Gasteiger partial charge in [-0.3, -0.25) is 0 Å². The van der Waals surface area contributed by atoms with Gasteiger partial charge in [0.25, 0.3) is 0 Å². The van der Waals surface area contributed by atoms with E-state index in [4.69, 9.17) is 18.9 Å². The van der Waals surface area contributed by atoms with E-state index in [-0.39, 0.29) is 0 Å². The summed E-state index contributed by atoms with van der Waals surface area (Å²) >= 11 is 0. The van der Waals surface area contributed by atoms with Crippen molar-refractivity contribution in [3.63, 3.8) is 0 Å². The zero-order valence-electron chi connectivity index (χ0n) is 13.2. The molecule has 0 spiro atoms. The molecule has 5 nitrogen and oxygen atoms in total. The lowest BCUT2D eigenvalue weighted by atomic mass is 10.1. The molecule has 0 N–H and O–H groups in total. The molecule has 2 rings (SSSR count). The van der Waals surface area contributed by atoms with Crippen LogP contribution in [0.2, 0.25) is 0 Å². The van der Waals surface area contributed by atoms with Gasteiger partial charge in [-0.1, -0.05) is 18.2 Å². The summed E-state index contributed by atoms with van der Waals surface area (Å²) in [4.78, 5) is 11.9. The number of carbonyl (C=O) groups excluding carboxylic acids is 1. The Bertz CT molecular complexity index is 667. The normalized spacial score (nSPS) is 10.4. The van der Waals surface area contributed by atoms with Crippen molar-refractivity contribution in [2.75, 3.05) is 21.3 Å². The smallest absolute Gasteiger partial charge is 0.336 e. The third-order valence-corrected chi connectivity index (χ3v) is 3.10. The Morgan fingerprint density at radius 2 is 1.48 bits per heavy atom. The van der Waals surface area contributed by atoms with Crippen molar-refractivity contribution >= 4 is 12.0 Å². The summed E-state index contributed by atoms with van der Waals surface area (Å²) in [6.07, 6.45) is 2.90. The average molecular weight is 314 g/mol. The van der Waals surface area contributed by atoms with Gasteiger partial charge in [0.05, 0.1) is 26.9 Å². The number of hydrogen-bond acceptors (Lipinski definition) is 5. The van der Waals surface area contributed by atoms with Crippen molar-refractivity contribution in [2.45, 2.75) is 0 Å². The number of methoxy groups -OCH3 is 3. The van der Waals surface area contributed by atoms with Crippen LogP contribution in [-0.2, 0) is 4.79 Å². The van der Waals surface area contributed by atoms with Crippen LogP contribution in [0.4, 0.5) is 0 Å². The molecule has 23 heavy (non-hydrogen) atoms. The first-order valence-electron chi connectivity index (χ1n) is 6.93. The van der Waals surface area contributed by atoms with Crippen molar-refractivity contribution in [3.8, 4) is 23.0 Å². The van der Waals surface area contributed by atoms with Gasteiger partial charge in [0.2, 0.25) is 0 Å². The molecule has 0 atom stereocenters. The Labute approximate surface area is 135 Å². The Morgan fingerprint density at radius 3 is 2.00 bits per heavy atom. The number of carbonyl (C=O) groups is 1. The molecule has 120 valence electrons. The second-order valence-corrected chi connectivity index (χ2v) is 4.51. The van der Waals surface area contributed by atoms with Gasteiger partial charge < -0.3 is 18.9 Å². The fourth-order valence-electron chi connectivity index (χ4n) is 1.99. The Morgan fingerprint density at radius 1 is 0.870 bits per heavy atom. The summed E-state index contributed by atoms with van der Waals surface area (Å²) in [6.45, 7) is 0. The number of hydrogen-bond donors (Lipinski definition) is 0. The van der Waals surface area contributed by atoms with Gasteiger partial charge in [0, 0.05) is 18.2 Å². The summed E-state index contributed by atoms with van der Waals surface area (Å²) in [5.74, 6) is 1.66. The van der Waals surface area contributed by atoms with Crippen molar-refractivity contribution in [3.05, 3.63) is 54.1 Å². The first kappa shape index (κ1) is 16.4. The van der Waals surface area contributed by atoms with E-state index in [0.717, 1.165) is 0 Å². The maximum atomic E-state index is 11.9. The van der Waals surface area contributed by atoms with Gasteiger partial charge in [-0.05, 0) is 18.2 Å². The highest BCUT2D eigenvalue weighted by molar-refractivity contribution is 5.90. The minimum absolute atomic E-state index is 0.482. The largest absolute Gasteiger partial charge is 0.496 e. The Kier molecular flexibility index (Phi) is 5.63. The van der Waals surface area contributed by atoms with Crippen LogP contribution in [0.5, 0.6) is 23.0 Å². The Hall–Kier alpha value is -2.95. The van der Waals surface area contributed by atoms with E-state index >= 15 is 0 Å². The van der Waals surface area contributed by atoms with Crippen molar-refractivity contribution < 1.29 is 23.7 Å². The molecule has 0 heterocycles. The molecule has 0 aliphatic rings. The van der Waals surface area contributed by atoms with Crippen LogP contribution in [0.25, 0.3) is 6.08 Å². The first-order chi connectivity index (χ1) is 11.2. The second-order valence-electron chi connectivity index (χ2n) is 4.51. The van der Waals surface area contributed by atoms with Gasteiger partial charge in [0.1, 0.15) is 23.0 Å². The average Bonchev–Trinajstić information content (AvgIpc) is 2.59. The Balaban J connectivity index is 2.22. The molecule has 0 bridgehead atoms. The topological polar surface area (TPSA) is 54.0 Å². The lowest BCUT2D eigenvalue weighted by Gasteiger charge is -2.12. The quantitative estimate of drug-likeness (QED) is 0.465. The van der Waals surface area contributed by atoms with Crippen LogP contribution < -0.4 is 18.9 Å². The van der Waals surface area contributed by atoms with E-state index in [1.165, 1.54) is 20.3 Å². The minimum Gasteiger partial charge on any atom is -0.496 e. The highest BCUT2D eigenvalue weighted by atomic mass is 16.5. The molecule has 0 fully saturated rings. The molecule has 0 aliphatic heterocycles. The second kappa shape index (κ2) is 7.89. The zero-order chi connectivity index (χ0) is 16.7. The number of benzene rings is 2. The maximum absolute atomic E-state index is 11.9. The molecule has 0 radical (unpaired) electrons. The summed E-state index contributed by atoms with van der Waals surface area (Å²) in [6, 6.07) is 12.3. The molecule has 0 unspecified atom stereocenters. The maximum Gasteiger partial charge on any atom is 0.336 e. The third-order valence-electron chi connectivity index (χ3n) is 3.10. The van der Waals surface area contributed by atoms with E-state index in [2.05, 4.69) is 0 Å². The molecule has 2 aromatic carbocycles. The van der Waals surface area contributed by atoms with Crippen molar-refractivity contribution in [1.29, 1.82) is 0 Å². The van der Waals surface area contributed by atoms with E-state index in [9.17, 15) is 4.79 Å². The van der Waals surface area contributed by atoms with E-state index in [0.29, 0.717) is 28.6 Å². The molecule has 0 saturated carbocycles. The molecular formula is C18H18O5. The molecule has 5 heteroatoms. The van der Waals surface area contributed by atoms with E-state index < -0.39 is 5.97 Å². The van der Waals surface area contributed by atoms with Crippen LogP contribution in [0.1, 0.15) is 5.56 Å². The summed E-state index contributed by atoms with van der Waals surface area (Å²) in [5, 5.41) is 0. The molecule has 0 amide bonds.